The monoisotopic (exact) mass is 223 g/mol. The number of nitrogens with one attached hydrogen (secondary N) is 1. The van der Waals surface area contributed by atoms with Crippen LogP contribution in [0.5, 0.6) is 0 Å². The summed E-state index contributed by atoms with van der Waals surface area (Å²) in [5.74, 6) is 1.74. The van der Waals surface area contributed by atoms with E-state index in [1.165, 1.54) is 12.5 Å². The minimum absolute atomic E-state index is 0.100. The standard InChI is InChI=1S/C7H14BNO2.C2HBO2/c10-5-7(2-1-3-7)4-9-6-8-11;4-2-1-3-5/h9-10H,1-6H2;4H. The van der Waals surface area contributed by atoms with Gasteiger partial charge in [-0.1, -0.05) is 0 Å². The maximum atomic E-state index is 9.96. The van der Waals surface area contributed by atoms with Crippen LogP contribution in [-0.2, 0) is 9.41 Å². The molecule has 1 saturated carbocycles. The van der Waals surface area contributed by atoms with Gasteiger partial charge in [-0.3, -0.25) is 0 Å². The van der Waals surface area contributed by atoms with Crippen LogP contribution in [0.4, 0.5) is 0 Å². The zero-order valence-electron chi connectivity index (χ0n) is 9.11. The minimum atomic E-state index is 0.100. The topological polar surface area (TPSA) is 86.6 Å². The first-order valence-corrected chi connectivity index (χ1v) is 5.08. The molecule has 5 nitrogen and oxygen atoms in total. The van der Waals surface area contributed by atoms with Crippen molar-refractivity contribution in [2.45, 2.75) is 19.3 Å². The Morgan fingerprint density at radius 2 is 2.06 bits per heavy atom. The predicted octanol–water partition coefficient (Wildman–Crippen LogP) is -0.927. The zero-order chi connectivity index (χ0) is 12.3. The molecule has 3 N–H and O–H groups in total. The molecule has 1 aliphatic carbocycles. The van der Waals surface area contributed by atoms with E-state index in [-0.39, 0.29) is 12.0 Å². The molecule has 0 amide bonds. The van der Waals surface area contributed by atoms with Gasteiger partial charge in [0.2, 0.25) is 0 Å². The van der Waals surface area contributed by atoms with Gasteiger partial charge in [-0.05, 0) is 0 Å². The van der Waals surface area contributed by atoms with Gasteiger partial charge in [-0.2, -0.15) is 0 Å². The molecule has 0 unspecified atom stereocenters. The number of hydrogen-bond acceptors (Lipinski definition) is 5. The van der Waals surface area contributed by atoms with Gasteiger partial charge in [0.25, 0.3) is 0 Å². The second-order valence-electron chi connectivity index (χ2n) is 3.68. The second-order valence-corrected chi connectivity index (χ2v) is 3.68. The first-order chi connectivity index (χ1) is 7.74. The van der Waals surface area contributed by atoms with Crippen molar-refractivity contribution in [1.82, 2.24) is 5.32 Å². The van der Waals surface area contributed by atoms with E-state index in [9.17, 15) is 4.70 Å². The third kappa shape index (κ3) is 5.79. The summed E-state index contributed by atoms with van der Waals surface area (Å²) in [5.41, 5.74) is 0.100. The van der Waals surface area contributed by atoms with E-state index in [1.54, 1.807) is 5.82 Å². The van der Waals surface area contributed by atoms with Gasteiger partial charge in [0, 0.05) is 0 Å². The Morgan fingerprint density at radius 3 is 2.31 bits per heavy atom. The quantitative estimate of drug-likeness (QED) is 0.318. The van der Waals surface area contributed by atoms with Crippen molar-refractivity contribution >= 4 is 14.3 Å². The van der Waals surface area contributed by atoms with Gasteiger partial charge in [0.05, 0.1) is 0 Å². The Kier molecular flexibility index (Phi) is 8.68. The fourth-order valence-corrected chi connectivity index (χ4v) is 1.49. The molecule has 0 bridgehead atoms. The maximum absolute atomic E-state index is 9.96. The van der Waals surface area contributed by atoms with Crippen LogP contribution in [0, 0.1) is 17.3 Å². The molecule has 0 heterocycles. The molecule has 0 aromatic rings. The Labute approximate surface area is 96.1 Å². The SMILES string of the molecule is O=BC#CO.O=BCNCC1(CO)CCC1. The van der Waals surface area contributed by atoms with E-state index in [1.807, 2.05) is 0 Å². The summed E-state index contributed by atoms with van der Waals surface area (Å²) in [6.45, 7) is 1.03. The number of aliphatic hydroxyl groups excluding tert-OH is 2. The van der Waals surface area contributed by atoms with Crippen LogP contribution in [-0.4, -0.2) is 44.1 Å². The second kappa shape index (κ2) is 9.25. The zero-order valence-corrected chi connectivity index (χ0v) is 9.11. The Hall–Kier alpha value is -0.990. The average Bonchev–Trinajstić information content (AvgIpc) is 2.24. The summed E-state index contributed by atoms with van der Waals surface area (Å²) < 4.78 is 19.0. The fourth-order valence-electron chi connectivity index (χ4n) is 1.49. The van der Waals surface area contributed by atoms with Crippen LogP contribution in [0.2, 0.25) is 0 Å². The van der Waals surface area contributed by atoms with Gasteiger partial charge in [0.1, 0.15) is 0 Å². The van der Waals surface area contributed by atoms with Crippen molar-refractivity contribution < 1.29 is 19.6 Å². The third-order valence-corrected chi connectivity index (χ3v) is 2.60. The molecular weight excluding hydrogens is 208 g/mol. The molecule has 1 fully saturated rings. The number of rotatable bonds is 5. The summed E-state index contributed by atoms with van der Waals surface area (Å²) in [6.07, 6.45) is 5.20. The molecule has 1 rings (SSSR count). The molecule has 1 aliphatic rings. The molecule has 0 aliphatic heterocycles. The van der Waals surface area contributed by atoms with E-state index >= 15 is 0 Å². The molecule has 0 saturated heterocycles. The molecule has 7 heteroatoms. The van der Waals surface area contributed by atoms with Gasteiger partial charge in [-0.25, -0.2) is 0 Å². The summed E-state index contributed by atoms with van der Waals surface area (Å²) in [7, 11) is 1.17. The molecule has 0 spiro atoms. The van der Waals surface area contributed by atoms with E-state index < -0.39 is 0 Å². The van der Waals surface area contributed by atoms with Gasteiger partial charge in [0.15, 0.2) is 0 Å². The van der Waals surface area contributed by atoms with Crippen molar-refractivity contribution in [2.24, 2.45) is 5.41 Å². The van der Waals surface area contributed by atoms with Crippen LogP contribution in [0.25, 0.3) is 0 Å². The van der Waals surface area contributed by atoms with Crippen LogP contribution in [0.3, 0.4) is 0 Å². The number of hydrogen-bond donors (Lipinski definition) is 3. The van der Waals surface area contributed by atoms with E-state index in [0.717, 1.165) is 26.5 Å². The van der Waals surface area contributed by atoms with Gasteiger partial charge in [-0.15, -0.1) is 0 Å². The van der Waals surface area contributed by atoms with Gasteiger partial charge < -0.3 is 0 Å². The van der Waals surface area contributed by atoms with Crippen molar-refractivity contribution in [3.63, 3.8) is 0 Å². The molecule has 0 radical (unpaired) electrons. The summed E-state index contributed by atoms with van der Waals surface area (Å²) in [5, 5.41) is 19.5. The third-order valence-electron chi connectivity index (χ3n) is 2.60. The van der Waals surface area contributed by atoms with Crippen LogP contribution < -0.4 is 5.32 Å². The first kappa shape index (κ1) is 15.0. The van der Waals surface area contributed by atoms with E-state index in [2.05, 4.69) is 5.32 Å². The summed E-state index contributed by atoms with van der Waals surface area (Å²) >= 11 is 0. The molecule has 0 aromatic heterocycles. The Balaban J connectivity index is 0.000000385. The van der Waals surface area contributed by atoms with E-state index in [0.29, 0.717) is 13.6 Å². The van der Waals surface area contributed by atoms with Crippen molar-refractivity contribution in [2.75, 3.05) is 19.6 Å². The fraction of sp³-hybridized carbons (Fsp3) is 0.778. The Bertz CT molecular complexity index is 265. The normalized spacial score (nSPS) is 15.1. The van der Waals surface area contributed by atoms with Crippen LogP contribution in [0.15, 0.2) is 0 Å². The van der Waals surface area contributed by atoms with Crippen LogP contribution >= 0.6 is 0 Å². The summed E-state index contributed by atoms with van der Waals surface area (Å²) in [4.78, 5) is 0. The molecular formula is C9H15B2NO4. The number of aliphatic hydroxyl groups is 2. The van der Waals surface area contributed by atoms with Crippen molar-refractivity contribution in [3.8, 4) is 11.9 Å². The van der Waals surface area contributed by atoms with E-state index in [4.69, 9.17) is 14.9 Å². The molecule has 0 atom stereocenters. The molecule has 86 valence electrons. The average molecular weight is 223 g/mol. The van der Waals surface area contributed by atoms with Crippen LogP contribution in [0.1, 0.15) is 19.3 Å². The first-order valence-electron chi connectivity index (χ1n) is 5.08. The van der Waals surface area contributed by atoms with Gasteiger partial charge >= 0.3 is 95.4 Å². The molecule has 16 heavy (non-hydrogen) atoms. The predicted molar refractivity (Wildman–Crippen MR) is 58.8 cm³/mol. The Morgan fingerprint density at radius 1 is 1.38 bits per heavy atom. The molecule has 0 aromatic carbocycles. The summed E-state index contributed by atoms with van der Waals surface area (Å²) in [6, 6.07) is 0. The van der Waals surface area contributed by atoms with Crippen molar-refractivity contribution in [1.29, 1.82) is 0 Å². The van der Waals surface area contributed by atoms with Crippen molar-refractivity contribution in [3.05, 3.63) is 0 Å².